The van der Waals surface area contributed by atoms with Gasteiger partial charge in [-0.15, -0.1) is 0 Å². The van der Waals surface area contributed by atoms with Crippen LogP contribution < -0.4 is 5.32 Å². The summed E-state index contributed by atoms with van der Waals surface area (Å²) in [4.78, 5) is 23.3. The molecule has 114 valence electrons. The molecule has 1 aliphatic rings. The molecule has 0 saturated heterocycles. The van der Waals surface area contributed by atoms with Crippen LogP contribution in [0.25, 0.3) is 0 Å². The zero-order valence-corrected chi connectivity index (χ0v) is 13.1. The Kier molecular flexibility index (Phi) is 5.22. The van der Waals surface area contributed by atoms with Crippen molar-refractivity contribution in [3.05, 3.63) is 28.2 Å². The number of carboxylic acids is 1. The van der Waals surface area contributed by atoms with Gasteiger partial charge in [-0.1, -0.05) is 28.8 Å². The van der Waals surface area contributed by atoms with Crippen LogP contribution in [0.1, 0.15) is 36.0 Å². The molecule has 1 saturated carbocycles. The lowest BCUT2D eigenvalue weighted by molar-refractivity contribution is -0.144. The number of aliphatic carboxylic acids is 1. The fourth-order valence-electron chi connectivity index (χ4n) is 2.79. The maximum atomic E-state index is 12.1. The van der Waals surface area contributed by atoms with Crippen LogP contribution >= 0.6 is 15.9 Å². The van der Waals surface area contributed by atoms with Gasteiger partial charge >= 0.3 is 5.97 Å². The van der Waals surface area contributed by atoms with E-state index >= 15 is 0 Å². The van der Waals surface area contributed by atoms with Gasteiger partial charge in [0, 0.05) is 11.0 Å². The molecule has 1 aliphatic carbocycles. The van der Waals surface area contributed by atoms with Crippen molar-refractivity contribution in [3.63, 3.8) is 0 Å². The number of rotatable bonds is 4. The number of carbonyl (C=O) groups is 2. The highest BCUT2D eigenvalue weighted by atomic mass is 79.9. The minimum atomic E-state index is -0.791. The Morgan fingerprint density at radius 2 is 2.00 bits per heavy atom. The Balaban J connectivity index is 1.98. The first kappa shape index (κ1) is 15.8. The molecule has 1 aromatic carbocycles. The summed E-state index contributed by atoms with van der Waals surface area (Å²) in [6.07, 6.45) is 3.39. The molecule has 2 rings (SSSR count). The summed E-state index contributed by atoms with van der Waals surface area (Å²) >= 11 is 3.21. The van der Waals surface area contributed by atoms with Gasteiger partial charge in [-0.2, -0.15) is 0 Å². The highest BCUT2D eigenvalue weighted by Gasteiger charge is 2.31. The zero-order valence-electron chi connectivity index (χ0n) is 11.5. The number of hydrogen-bond donors (Lipinski definition) is 3. The molecule has 0 radical (unpaired) electrons. The Bertz CT molecular complexity index is 546. The van der Waals surface area contributed by atoms with Gasteiger partial charge in [0.15, 0.2) is 0 Å². The van der Waals surface area contributed by atoms with E-state index in [0.29, 0.717) is 17.4 Å². The molecule has 21 heavy (non-hydrogen) atoms. The molecule has 2 atom stereocenters. The highest BCUT2D eigenvalue weighted by molar-refractivity contribution is 9.10. The lowest BCUT2D eigenvalue weighted by atomic mass is 9.79. The second-order valence-electron chi connectivity index (χ2n) is 5.36. The van der Waals surface area contributed by atoms with Crippen LogP contribution in [0.2, 0.25) is 0 Å². The molecular weight excluding hydrogens is 338 g/mol. The van der Waals surface area contributed by atoms with Crippen molar-refractivity contribution < 1.29 is 19.8 Å². The average Bonchev–Trinajstić information content (AvgIpc) is 2.45. The predicted molar refractivity (Wildman–Crippen MR) is 81.2 cm³/mol. The van der Waals surface area contributed by atoms with Gasteiger partial charge < -0.3 is 15.5 Å². The number of phenolic OH excluding ortho intramolecular Hbond substituents is 1. The molecule has 5 nitrogen and oxygen atoms in total. The largest absolute Gasteiger partial charge is 0.507 e. The minimum absolute atomic E-state index is 0.0437. The second kappa shape index (κ2) is 6.93. The van der Waals surface area contributed by atoms with Crippen molar-refractivity contribution >= 4 is 27.8 Å². The van der Waals surface area contributed by atoms with Crippen LogP contribution in [-0.4, -0.2) is 28.6 Å². The first-order chi connectivity index (χ1) is 9.99. The van der Waals surface area contributed by atoms with Crippen molar-refractivity contribution in [1.82, 2.24) is 5.32 Å². The normalized spacial score (nSPS) is 21.8. The molecule has 6 heteroatoms. The fraction of sp³-hybridized carbons (Fsp3) is 0.467. The molecule has 1 aromatic rings. The quantitative estimate of drug-likeness (QED) is 0.774. The van der Waals surface area contributed by atoms with Crippen molar-refractivity contribution in [1.29, 1.82) is 0 Å². The van der Waals surface area contributed by atoms with Crippen molar-refractivity contribution in [2.75, 3.05) is 6.54 Å². The van der Waals surface area contributed by atoms with E-state index in [9.17, 15) is 19.8 Å². The van der Waals surface area contributed by atoms with Crippen LogP contribution in [-0.2, 0) is 4.79 Å². The Labute approximate surface area is 131 Å². The Morgan fingerprint density at radius 1 is 1.29 bits per heavy atom. The molecular formula is C15H18BrNO4. The van der Waals surface area contributed by atoms with Crippen LogP contribution in [0.3, 0.4) is 0 Å². The number of hydrogen-bond acceptors (Lipinski definition) is 3. The molecule has 1 amide bonds. The third-order valence-corrected chi connectivity index (χ3v) is 4.45. The van der Waals surface area contributed by atoms with Gasteiger partial charge in [-0.3, -0.25) is 9.59 Å². The SMILES string of the molecule is O=C(NCC1CCCCC1C(=O)O)c1ccc(Br)cc1O. The number of aromatic hydroxyl groups is 1. The summed E-state index contributed by atoms with van der Waals surface area (Å²) in [6, 6.07) is 4.66. The first-order valence-corrected chi connectivity index (χ1v) is 7.78. The van der Waals surface area contributed by atoms with Crippen LogP contribution in [0.5, 0.6) is 5.75 Å². The molecule has 0 spiro atoms. The predicted octanol–water partition coefficient (Wildman–Crippen LogP) is 2.78. The molecule has 2 unspecified atom stereocenters. The van der Waals surface area contributed by atoms with E-state index in [4.69, 9.17) is 0 Å². The third-order valence-electron chi connectivity index (χ3n) is 3.96. The van der Waals surface area contributed by atoms with E-state index in [1.165, 1.54) is 12.1 Å². The van der Waals surface area contributed by atoms with Gasteiger partial charge in [-0.05, 0) is 37.0 Å². The monoisotopic (exact) mass is 355 g/mol. The molecule has 0 heterocycles. The van der Waals surface area contributed by atoms with Gasteiger partial charge in [-0.25, -0.2) is 0 Å². The molecule has 0 bridgehead atoms. The summed E-state index contributed by atoms with van der Waals surface area (Å²) < 4.78 is 0.690. The van der Waals surface area contributed by atoms with E-state index in [1.807, 2.05) is 0 Å². The molecule has 1 fully saturated rings. The maximum Gasteiger partial charge on any atom is 0.306 e. The van der Waals surface area contributed by atoms with E-state index in [-0.39, 0.29) is 23.1 Å². The lowest BCUT2D eigenvalue weighted by Crippen LogP contribution is -2.37. The van der Waals surface area contributed by atoms with E-state index < -0.39 is 11.9 Å². The highest BCUT2D eigenvalue weighted by Crippen LogP contribution is 2.30. The Hall–Kier alpha value is -1.56. The van der Waals surface area contributed by atoms with Gasteiger partial charge in [0.1, 0.15) is 5.75 Å². The van der Waals surface area contributed by atoms with Crippen LogP contribution in [0, 0.1) is 11.8 Å². The summed E-state index contributed by atoms with van der Waals surface area (Å²) in [6.45, 7) is 0.325. The van der Waals surface area contributed by atoms with Crippen molar-refractivity contribution in [2.45, 2.75) is 25.7 Å². The summed E-state index contributed by atoms with van der Waals surface area (Å²) in [7, 11) is 0. The van der Waals surface area contributed by atoms with E-state index in [1.54, 1.807) is 6.07 Å². The summed E-state index contributed by atoms with van der Waals surface area (Å²) in [5.41, 5.74) is 0.195. The van der Waals surface area contributed by atoms with Crippen LogP contribution in [0.15, 0.2) is 22.7 Å². The third kappa shape index (κ3) is 3.97. The number of nitrogens with one attached hydrogen (secondary N) is 1. The number of amides is 1. The zero-order chi connectivity index (χ0) is 15.4. The average molecular weight is 356 g/mol. The smallest absolute Gasteiger partial charge is 0.306 e. The maximum absolute atomic E-state index is 12.1. The number of carbonyl (C=O) groups excluding carboxylic acids is 1. The minimum Gasteiger partial charge on any atom is -0.507 e. The van der Waals surface area contributed by atoms with Gasteiger partial charge in [0.05, 0.1) is 11.5 Å². The number of phenols is 1. The Morgan fingerprint density at radius 3 is 2.67 bits per heavy atom. The van der Waals surface area contributed by atoms with Gasteiger partial charge in [0.2, 0.25) is 0 Å². The number of halogens is 1. The topological polar surface area (TPSA) is 86.6 Å². The molecule has 3 N–H and O–H groups in total. The molecule has 0 aromatic heterocycles. The van der Waals surface area contributed by atoms with E-state index in [0.717, 1.165) is 19.3 Å². The second-order valence-corrected chi connectivity index (χ2v) is 6.28. The van der Waals surface area contributed by atoms with Gasteiger partial charge in [0.25, 0.3) is 5.91 Å². The summed E-state index contributed by atoms with van der Waals surface area (Å²) in [5, 5.41) is 21.7. The summed E-state index contributed by atoms with van der Waals surface area (Å²) in [5.74, 6) is -1.70. The first-order valence-electron chi connectivity index (χ1n) is 6.98. The lowest BCUT2D eigenvalue weighted by Gasteiger charge is -2.28. The van der Waals surface area contributed by atoms with Crippen molar-refractivity contribution in [2.24, 2.45) is 11.8 Å². The van der Waals surface area contributed by atoms with Crippen molar-refractivity contribution in [3.8, 4) is 5.75 Å². The number of carboxylic acid groups (broad SMARTS) is 1. The molecule has 0 aliphatic heterocycles. The standard InChI is InChI=1S/C15H18BrNO4/c16-10-5-6-12(13(18)7-10)14(19)17-8-9-3-1-2-4-11(9)15(20)21/h5-7,9,11,18H,1-4,8H2,(H,17,19)(H,20,21). The van der Waals surface area contributed by atoms with E-state index in [2.05, 4.69) is 21.2 Å². The fourth-order valence-corrected chi connectivity index (χ4v) is 3.14. The van der Waals surface area contributed by atoms with Crippen LogP contribution in [0.4, 0.5) is 0 Å². The number of benzene rings is 1.